The smallest absolute Gasteiger partial charge is 0.191 e. The predicted molar refractivity (Wildman–Crippen MR) is 120 cm³/mol. The van der Waals surface area contributed by atoms with Crippen LogP contribution < -0.4 is 10.6 Å². The first-order chi connectivity index (χ1) is 14.8. The zero-order valence-electron chi connectivity index (χ0n) is 18.0. The molecule has 0 aliphatic carbocycles. The van der Waals surface area contributed by atoms with Gasteiger partial charge in [-0.25, -0.2) is 0 Å². The molecule has 0 radical (unpaired) electrons. The summed E-state index contributed by atoms with van der Waals surface area (Å²) in [4.78, 5) is 7.15. The summed E-state index contributed by atoms with van der Waals surface area (Å²) in [5.41, 5.74) is 2.71. The molecule has 2 aliphatic heterocycles. The Bertz CT molecular complexity index is 807. The predicted octanol–water partition coefficient (Wildman–Crippen LogP) is 2.24. The van der Waals surface area contributed by atoms with Gasteiger partial charge in [0.1, 0.15) is 0 Å². The molecular formula is C23H34N6O. The number of likely N-dealkylation sites (tertiary alicyclic amines) is 1. The van der Waals surface area contributed by atoms with Gasteiger partial charge in [-0.1, -0.05) is 24.3 Å². The van der Waals surface area contributed by atoms with E-state index < -0.39 is 0 Å². The molecule has 7 heteroatoms. The van der Waals surface area contributed by atoms with Gasteiger partial charge in [-0.3, -0.25) is 14.6 Å². The number of nitrogens with one attached hydrogen (secondary N) is 2. The van der Waals surface area contributed by atoms with Gasteiger partial charge in [-0.05, 0) is 56.0 Å². The second-order valence-electron chi connectivity index (χ2n) is 8.28. The van der Waals surface area contributed by atoms with E-state index in [0.29, 0.717) is 0 Å². The highest BCUT2D eigenvalue weighted by atomic mass is 16.5. The van der Waals surface area contributed by atoms with E-state index in [1.807, 2.05) is 30.2 Å². The van der Waals surface area contributed by atoms with E-state index in [-0.39, 0.29) is 5.54 Å². The van der Waals surface area contributed by atoms with Crippen molar-refractivity contribution >= 4 is 5.96 Å². The van der Waals surface area contributed by atoms with Gasteiger partial charge in [-0.15, -0.1) is 0 Å². The van der Waals surface area contributed by atoms with Gasteiger partial charge in [0.25, 0.3) is 0 Å². The van der Waals surface area contributed by atoms with Crippen LogP contribution in [0.25, 0.3) is 0 Å². The fraction of sp³-hybridized carbons (Fsp3) is 0.565. The Hall–Kier alpha value is -2.38. The summed E-state index contributed by atoms with van der Waals surface area (Å²) in [6, 6.07) is 10.5. The molecule has 4 rings (SSSR count). The summed E-state index contributed by atoms with van der Waals surface area (Å²) in [6.07, 6.45) is 8.61. The van der Waals surface area contributed by atoms with Crippen LogP contribution >= 0.6 is 0 Å². The van der Waals surface area contributed by atoms with E-state index >= 15 is 0 Å². The number of aromatic nitrogens is 2. The van der Waals surface area contributed by atoms with E-state index in [2.05, 4.69) is 49.9 Å². The molecule has 2 saturated heterocycles. The minimum absolute atomic E-state index is 0.185. The van der Waals surface area contributed by atoms with Crippen molar-refractivity contribution in [3.63, 3.8) is 0 Å². The Morgan fingerprint density at radius 1 is 1.10 bits per heavy atom. The van der Waals surface area contributed by atoms with Crippen molar-refractivity contribution in [1.29, 1.82) is 0 Å². The average molecular weight is 411 g/mol. The van der Waals surface area contributed by atoms with E-state index in [9.17, 15) is 0 Å². The van der Waals surface area contributed by atoms with Crippen molar-refractivity contribution in [1.82, 2.24) is 25.3 Å². The molecule has 30 heavy (non-hydrogen) atoms. The summed E-state index contributed by atoms with van der Waals surface area (Å²) in [6.45, 7) is 6.52. The van der Waals surface area contributed by atoms with Crippen LogP contribution in [0.2, 0.25) is 0 Å². The summed E-state index contributed by atoms with van der Waals surface area (Å²) in [7, 11) is 1.84. The average Bonchev–Trinajstić information content (AvgIpc) is 3.50. The fourth-order valence-corrected chi connectivity index (χ4v) is 4.65. The van der Waals surface area contributed by atoms with Crippen LogP contribution in [0.1, 0.15) is 36.8 Å². The first kappa shape index (κ1) is 20.9. The highest BCUT2D eigenvalue weighted by molar-refractivity contribution is 5.79. The molecule has 3 heterocycles. The Kier molecular flexibility index (Phi) is 7.02. The SMILES string of the molecule is CN=C(NCc1ccccc1Cn1cccn1)NCC1(N2CCCC2)CCOCC1. The lowest BCUT2D eigenvalue weighted by Gasteiger charge is -2.45. The van der Waals surface area contributed by atoms with Crippen molar-refractivity contribution in [2.24, 2.45) is 4.99 Å². The van der Waals surface area contributed by atoms with Gasteiger partial charge >= 0.3 is 0 Å². The fourth-order valence-electron chi connectivity index (χ4n) is 4.65. The second kappa shape index (κ2) is 10.1. The minimum atomic E-state index is 0.185. The van der Waals surface area contributed by atoms with Crippen LogP contribution in [-0.4, -0.2) is 66.1 Å². The molecule has 2 aliphatic rings. The van der Waals surface area contributed by atoms with Crippen LogP contribution in [0, 0.1) is 0 Å². The third-order valence-electron chi connectivity index (χ3n) is 6.47. The molecular weight excluding hydrogens is 376 g/mol. The first-order valence-corrected chi connectivity index (χ1v) is 11.1. The minimum Gasteiger partial charge on any atom is -0.381 e. The number of hydrogen-bond acceptors (Lipinski definition) is 4. The first-order valence-electron chi connectivity index (χ1n) is 11.1. The number of hydrogen-bond donors (Lipinski definition) is 2. The molecule has 1 aromatic carbocycles. The van der Waals surface area contributed by atoms with Gasteiger partial charge in [0.15, 0.2) is 5.96 Å². The summed E-state index contributed by atoms with van der Waals surface area (Å²) < 4.78 is 7.63. The molecule has 162 valence electrons. The maximum absolute atomic E-state index is 5.67. The molecule has 0 amide bonds. The van der Waals surface area contributed by atoms with Crippen molar-refractivity contribution < 1.29 is 4.74 Å². The van der Waals surface area contributed by atoms with E-state index in [4.69, 9.17) is 4.74 Å². The van der Waals surface area contributed by atoms with Gasteiger partial charge < -0.3 is 15.4 Å². The molecule has 7 nitrogen and oxygen atoms in total. The Balaban J connectivity index is 1.36. The standard InChI is InChI=1S/C23H34N6O/c1-24-22(26-19-23(9-15-30-16-10-23)28-12-4-5-13-28)25-17-20-7-2-3-8-21(20)18-29-14-6-11-27-29/h2-3,6-8,11,14H,4-5,9-10,12-13,15-19H2,1H3,(H2,24,25,26). The quantitative estimate of drug-likeness (QED) is 0.541. The molecule has 2 fully saturated rings. The van der Waals surface area contributed by atoms with Gasteiger partial charge in [-0.2, -0.15) is 5.10 Å². The van der Waals surface area contributed by atoms with Crippen molar-refractivity contribution in [2.75, 3.05) is 39.9 Å². The zero-order chi connectivity index (χ0) is 20.7. The normalized spacial score (nSPS) is 19.7. The molecule has 0 atom stereocenters. The number of aliphatic imine (C=N–C) groups is 1. The second-order valence-corrected chi connectivity index (χ2v) is 8.28. The van der Waals surface area contributed by atoms with Gasteiger partial charge in [0, 0.05) is 51.3 Å². The van der Waals surface area contributed by atoms with Crippen LogP contribution in [0.15, 0.2) is 47.7 Å². The van der Waals surface area contributed by atoms with Gasteiger partial charge in [0.2, 0.25) is 0 Å². The van der Waals surface area contributed by atoms with Crippen molar-refractivity contribution in [2.45, 2.75) is 44.3 Å². The van der Waals surface area contributed by atoms with E-state index in [1.165, 1.54) is 37.1 Å². The Morgan fingerprint density at radius 2 is 1.87 bits per heavy atom. The largest absolute Gasteiger partial charge is 0.381 e. The Morgan fingerprint density at radius 3 is 2.57 bits per heavy atom. The highest BCUT2D eigenvalue weighted by Gasteiger charge is 2.39. The number of benzene rings is 1. The van der Waals surface area contributed by atoms with Crippen molar-refractivity contribution in [3.8, 4) is 0 Å². The third-order valence-corrected chi connectivity index (χ3v) is 6.47. The zero-order valence-corrected chi connectivity index (χ0v) is 18.0. The molecule has 2 aromatic rings. The summed E-state index contributed by atoms with van der Waals surface area (Å²) in [5, 5.41) is 11.5. The molecule has 0 unspecified atom stereocenters. The van der Waals surface area contributed by atoms with Gasteiger partial charge in [0.05, 0.1) is 6.54 Å². The van der Waals surface area contributed by atoms with Crippen LogP contribution in [0.4, 0.5) is 0 Å². The number of rotatable bonds is 7. The number of ether oxygens (including phenoxy) is 1. The lowest BCUT2D eigenvalue weighted by Crippen LogP contribution is -2.58. The van der Waals surface area contributed by atoms with Crippen LogP contribution in [0.3, 0.4) is 0 Å². The third kappa shape index (κ3) is 5.02. The number of nitrogens with zero attached hydrogens (tertiary/aromatic N) is 4. The monoisotopic (exact) mass is 410 g/mol. The van der Waals surface area contributed by atoms with E-state index in [1.54, 1.807) is 0 Å². The lowest BCUT2D eigenvalue weighted by atomic mass is 9.88. The van der Waals surface area contributed by atoms with Crippen LogP contribution in [0.5, 0.6) is 0 Å². The molecule has 1 aromatic heterocycles. The van der Waals surface area contributed by atoms with E-state index in [0.717, 1.165) is 51.6 Å². The molecule has 0 saturated carbocycles. The molecule has 0 spiro atoms. The topological polar surface area (TPSA) is 66.7 Å². The lowest BCUT2D eigenvalue weighted by molar-refractivity contribution is -0.0164. The molecule has 2 N–H and O–H groups in total. The van der Waals surface area contributed by atoms with Crippen molar-refractivity contribution in [3.05, 3.63) is 53.9 Å². The maximum atomic E-state index is 5.67. The molecule has 0 bridgehead atoms. The highest BCUT2D eigenvalue weighted by Crippen LogP contribution is 2.30. The number of guanidine groups is 1. The van der Waals surface area contributed by atoms with Crippen LogP contribution in [-0.2, 0) is 17.8 Å². The Labute approximate surface area is 179 Å². The maximum Gasteiger partial charge on any atom is 0.191 e. The summed E-state index contributed by atoms with van der Waals surface area (Å²) in [5.74, 6) is 0.856. The summed E-state index contributed by atoms with van der Waals surface area (Å²) >= 11 is 0.